The molecule has 6 rings (SSSR count). The molecule has 2 aliphatic heterocycles. The quantitative estimate of drug-likeness (QED) is 0.172. The molecule has 0 saturated carbocycles. The van der Waals surface area contributed by atoms with Crippen molar-refractivity contribution in [2.75, 3.05) is 24.5 Å². The Morgan fingerprint density at radius 2 is 1.77 bits per heavy atom. The summed E-state index contributed by atoms with van der Waals surface area (Å²) in [6.45, 7) is 19.2. The highest BCUT2D eigenvalue weighted by Gasteiger charge is 2.37. The van der Waals surface area contributed by atoms with Crippen LogP contribution in [0.1, 0.15) is 109 Å². The van der Waals surface area contributed by atoms with Crippen LogP contribution >= 0.6 is 0 Å². The summed E-state index contributed by atoms with van der Waals surface area (Å²) in [5.41, 5.74) is 7.87. The number of nitrogens with one attached hydrogen (secondary N) is 1. The number of amides is 1. The second kappa shape index (κ2) is 15.0. The number of rotatable bonds is 10. The number of aromatic nitrogens is 3. The smallest absolute Gasteiger partial charge is 0.337 e. The summed E-state index contributed by atoms with van der Waals surface area (Å²) in [6, 6.07) is 11.4. The van der Waals surface area contributed by atoms with Gasteiger partial charge in [0.1, 0.15) is 5.82 Å². The molecular weight excluding hydrogens is 675 g/mol. The van der Waals surface area contributed by atoms with E-state index >= 15 is 0 Å². The number of carbonyl (C=O) groups is 2. The minimum atomic E-state index is -1.28. The molecule has 11 nitrogen and oxygen atoms in total. The van der Waals surface area contributed by atoms with Crippen molar-refractivity contribution < 1.29 is 28.2 Å². The van der Waals surface area contributed by atoms with Gasteiger partial charge in [-0.05, 0) is 99.2 Å². The number of carboxylic acid groups (broad SMARTS) is 1. The second-order valence-corrected chi connectivity index (χ2v) is 16.2. The van der Waals surface area contributed by atoms with Crippen LogP contribution in [0.25, 0.3) is 11.1 Å². The summed E-state index contributed by atoms with van der Waals surface area (Å²) in [6.07, 6.45) is 1.36. The van der Waals surface area contributed by atoms with Crippen LogP contribution in [0, 0.1) is 32.0 Å². The summed E-state index contributed by atoms with van der Waals surface area (Å²) in [4.78, 5) is 35.9. The number of ether oxygens (including phenoxy) is 1. The van der Waals surface area contributed by atoms with Gasteiger partial charge in [-0.2, -0.15) is 0 Å². The van der Waals surface area contributed by atoms with E-state index in [2.05, 4.69) is 57.4 Å². The first-order valence-electron chi connectivity index (χ1n) is 18.3. The predicted molar refractivity (Wildman–Crippen MR) is 200 cm³/mol. The fourth-order valence-electron chi connectivity index (χ4n) is 7.36. The van der Waals surface area contributed by atoms with Crippen LogP contribution in [0.3, 0.4) is 0 Å². The van der Waals surface area contributed by atoms with Gasteiger partial charge in [-0.1, -0.05) is 38.1 Å². The molecule has 1 fully saturated rings. The number of pyridine rings is 1. The molecule has 2 aromatic carbocycles. The molecule has 4 heterocycles. The summed E-state index contributed by atoms with van der Waals surface area (Å²) >= 11 is 0. The molecule has 1 amide bonds. The van der Waals surface area contributed by atoms with Gasteiger partial charge in [-0.15, -0.1) is 10.2 Å². The molecule has 1 unspecified atom stereocenters. The number of carbonyl (C=O) groups excluding carboxylic acids is 1. The monoisotopic (exact) mass is 726 g/mol. The van der Waals surface area contributed by atoms with E-state index in [4.69, 9.17) is 14.1 Å². The zero-order valence-corrected chi connectivity index (χ0v) is 32.1. The first-order valence-corrected chi connectivity index (χ1v) is 18.3. The van der Waals surface area contributed by atoms with Gasteiger partial charge in [0.05, 0.1) is 23.5 Å². The highest BCUT2D eigenvalue weighted by atomic mass is 19.1. The minimum Gasteiger partial charge on any atom is -0.479 e. The van der Waals surface area contributed by atoms with Gasteiger partial charge in [-0.3, -0.25) is 14.7 Å². The lowest BCUT2D eigenvalue weighted by Crippen LogP contribution is -2.39. The number of carboxylic acids is 1. The van der Waals surface area contributed by atoms with Crippen molar-refractivity contribution in [2.24, 2.45) is 5.41 Å². The summed E-state index contributed by atoms with van der Waals surface area (Å²) in [5, 5.41) is 21.3. The molecule has 12 heteroatoms. The first-order chi connectivity index (χ1) is 25.0. The van der Waals surface area contributed by atoms with Crippen LogP contribution < -0.4 is 10.2 Å². The van der Waals surface area contributed by atoms with Crippen molar-refractivity contribution in [3.63, 3.8) is 0 Å². The predicted octanol–water partition coefficient (Wildman–Crippen LogP) is 7.25. The molecule has 282 valence electrons. The number of benzene rings is 2. The number of aryl methyl sites for hydroxylation is 3. The van der Waals surface area contributed by atoms with Crippen LogP contribution in [0.2, 0.25) is 0 Å². The van der Waals surface area contributed by atoms with Crippen molar-refractivity contribution in [3.8, 4) is 11.1 Å². The minimum absolute atomic E-state index is 0.0444. The van der Waals surface area contributed by atoms with Crippen molar-refractivity contribution >= 4 is 17.6 Å². The first kappa shape index (κ1) is 38.1. The maximum Gasteiger partial charge on any atom is 0.337 e. The Morgan fingerprint density at radius 3 is 2.42 bits per heavy atom. The molecular formula is C41H51FN6O5. The van der Waals surface area contributed by atoms with Crippen molar-refractivity contribution in [2.45, 2.75) is 106 Å². The fraction of sp³-hybridized carbons (Fsp3) is 0.488. The number of piperidine rings is 1. The summed E-state index contributed by atoms with van der Waals surface area (Å²) < 4.78 is 25.5. The maximum absolute atomic E-state index is 13.8. The molecule has 1 saturated heterocycles. The maximum atomic E-state index is 13.8. The molecule has 1 atom stereocenters. The number of fused-ring (bicyclic) bond motifs is 1. The molecule has 4 aromatic rings. The Bertz CT molecular complexity index is 2010. The highest BCUT2D eigenvalue weighted by Crippen LogP contribution is 2.45. The zero-order chi connectivity index (χ0) is 38.2. The molecule has 0 bridgehead atoms. The Kier molecular flexibility index (Phi) is 10.8. The number of hydrogen-bond donors (Lipinski definition) is 2. The Labute approximate surface area is 311 Å². The van der Waals surface area contributed by atoms with Gasteiger partial charge in [0.15, 0.2) is 6.10 Å². The van der Waals surface area contributed by atoms with Crippen LogP contribution in [0.4, 0.5) is 10.1 Å². The topological polar surface area (TPSA) is 134 Å². The van der Waals surface area contributed by atoms with Gasteiger partial charge in [0.25, 0.3) is 0 Å². The van der Waals surface area contributed by atoms with E-state index in [1.165, 1.54) is 17.2 Å². The van der Waals surface area contributed by atoms with Crippen molar-refractivity contribution in [1.29, 1.82) is 0 Å². The highest BCUT2D eigenvalue weighted by molar-refractivity contribution is 5.91. The number of anilines is 1. The average molecular weight is 727 g/mol. The van der Waals surface area contributed by atoms with Crippen molar-refractivity contribution in [3.05, 3.63) is 93.2 Å². The fourth-order valence-corrected chi connectivity index (χ4v) is 7.36. The van der Waals surface area contributed by atoms with E-state index in [0.717, 1.165) is 66.8 Å². The average Bonchev–Trinajstić information content (AvgIpc) is 3.53. The Morgan fingerprint density at radius 1 is 1.04 bits per heavy atom. The van der Waals surface area contributed by atoms with Gasteiger partial charge in [0, 0.05) is 56.5 Å². The molecule has 2 N–H and O–H groups in total. The van der Waals surface area contributed by atoms with Gasteiger partial charge in [-0.25, -0.2) is 9.18 Å². The number of nitrogens with zero attached hydrogens (tertiary/aromatic N) is 5. The molecule has 0 spiro atoms. The SMILES string of the molecule is Cc1nnc(C(=O)NCc2nc(C)c(C(OC(C)(C)C)C(=O)O)c(N3CCC(C)(C)CC3)c2-c2ccc3c(c2)CCN(Cc2ccc(F)cc2C)C3)o1. The van der Waals surface area contributed by atoms with E-state index in [9.17, 15) is 19.1 Å². The third-order valence-corrected chi connectivity index (χ3v) is 10.3. The molecule has 2 aliphatic rings. The lowest BCUT2D eigenvalue weighted by molar-refractivity contribution is -0.160. The Hall–Kier alpha value is -4.68. The van der Waals surface area contributed by atoms with Crippen molar-refractivity contribution in [1.82, 2.24) is 25.4 Å². The zero-order valence-electron chi connectivity index (χ0n) is 32.1. The lowest BCUT2D eigenvalue weighted by atomic mass is 9.81. The van der Waals surface area contributed by atoms with E-state index in [-0.39, 0.29) is 29.6 Å². The number of hydrogen-bond acceptors (Lipinski definition) is 9. The second-order valence-electron chi connectivity index (χ2n) is 16.2. The van der Waals surface area contributed by atoms with Crippen LogP contribution in [-0.2, 0) is 35.6 Å². The molecule has 2 aromatic heterocycles. The number of halogens is 1. The molecule has 53 heavy (non-hydrogen) atoms. The summed E-state index contributed by atoms with van der Waals surface area (Å²) in [7, 11) is 0. The summed E-state index contributed by atoms with van der Waals surface area (Å²) in [5.74, 6) is -1.71. The van der Waals surface area contributed by atoms with E-state index < -0.39 is 23.6 Å². The third kappa shape index (κ3) is 8.76. The Balaban J connectivity index is 1.47. The van der Waals surface area contributed by atoms with E-state index in [1.807, 2.05) is 40.7 Å². The van der Waals surface area contributed by atoms with Crippen LogP contribution in [-0.4, -0.2) is 62.3 Å². The van der Waals surface area contributed by atoms with Gasteiger partial charge >= 0.3 is 17.8 Å². The normalized spacial score (nSPS) is 16.7. The van der Waals surface area contributed by atoms with Gasteiger partial charge in [0.2, 0.25) is 5.89 Å². The number of aliphatic carboxylic acids is 1. The van der Waals surface area contributed by atoms with Crippen LogP contribution in [0.15, 0.2) is 40.8 Å². The lowest BCUT2D eigenvalue weighted by Gasteiger charge is -2.41. The molecule has 0 radical (unpaired) electrons. The van der Waals surface area contributed by atoms with Crippen LogP contribution in [0.5, 0.6) is 0 Å². The third-order valence-electron chi connectivity index (χ3n) is 10.3. The van der Waals surface area contributed by atoms with Gasteiger partial charge < -0.3 is 24.5 Å². The molecule has 0 aliphatic carbocycles. The van der Waals surface area contributed by atoms with E-state index in [1.54, 1.807) is 13.0 Å². The largest absolute Gasteiger partial charge is 0.479 e. The van der Waals surface area contributed by atoms with E-state index in [0.29, 0.717) is 30.0 Å². The standard InChI is InChI=1S/C41H51FN6O5/c1-24-19-31(42)12-11-29(24)22-47-16-13-27-20-28(9-10-30(27)23-47)34-32(21-43-37(49)38-46-45-26(3)52-38)44-25(2)33(36(39(50)51)53-40(4,5)6)35(34)48-17-14-41(7,8)15-18-48/h9-12,19-20,36H,13-18,21-23H2,1-8H3,(H,43,49)(H,50,51).